The number of unbranched alkanes of at least 4 members (excludes halogenated alkanes) is 8. The van der Waals surface area contributed by atoms with Gasteiger partial charge in [-0.2, -0.15) is 0 Å². The summed E-state index contributed by atoms with van der Waals surface area (Å²) >= 11 is 0. The first-order chi connectivity index (χ1) is 11.3. The molecule has 23 heavy (non-hydrogen) atoms. The SMILES string of the molecule is CCCCCCCC([CH]C(CCCCC)CCCCC)CCC. The van der Waals surface area contributed by atoms with Gasteiger partial charge in [-0.05, 0) is 18.3 Å². The minimum absolute atomic E-state index is 0.898. The lowest BCUT2D eigenvalue weighted by Gasteiger charge is -2.23. The maximum Gasteiger partial charge on any atom is -0.0324 e. The van der Waals surface area contributed by atoms with Gasteiger partial charge < -0.3 is 0 Å². The molecule has 0 rings (SSSR count). The summed E-state index contributed by atoms with van der Waals surface area (Å²) in [4.78, 5) is 0. The Balaban J connectivity index is 4.16. The highest BCUT2D eigenvalue weighted by atomic mass is 14.2. The van der Waals surface area contributed by atoms with Crippen LogP contribution in [0.5, 0.6) is 0 Å². The molecule has 0 aromatic heterocycles. The molecule has 0 spiro atoms. The second-order valence-electron chi connectivity index (χ2n) is 7.70. The van der Waals surface area contributed by atoms with Gasteiger partial charge in [0, 0.05) is 0 Å². The first-order valence-corrected chi connectivity index (χ1v) is 11.1. The normalized spacial score (nSPS) is 12.9. The van der Waals surface area contributed by atoms with Gasteiger partial charge in [-0.25, -0.2) is 0 Å². The monoisotopic (exact) mass is 323 g/mol. The Kier molecular flexibility index (Phi) is 18.3. The summed E-state index contributed by atoms with van der Waals surface area (Å²) in [6, 6.07) is 0. The van der Waals surface area contributed by atoms with Gasteiger partial charge in [0.1, 0.15) is 0 Å². The van der Waals surface area contributed by atoms with Crippen molar-refractivity contribution < 1.29 is 0 Å². The van der Waals surface area contributed by atoms with Gasteiger partial charge >= 0.3 is 0 Å². The zero-order valence-corrected chi connectivity index (χ0v) is 17.0. The first kappa shape index (κ1) is 23.0. The molecule has 1 unspecified atom stereocenters. The van der Waals surface area contributed by atoms with Crippen LogP contribution in [0.2, 0.25) is 0 Å². The topological polar surface area (TPSA) is 0 Å². The van der Waals surface area contributed by atoms with E-state index in [0.29, 0.717) is 0 Å². The van der Waals surface area contributed by atoms with Crippen LogP contribution < -0.4 is 0 Å². The largest absolute Gasteiger partial charge is 0.0654 e. The molecule has 0 N–H and O–H groups in total. The van der Waals surface area contributed by atoms with Crippen molar-refractivity contribution in [2.24, 2.45) is 11.8 Å². The average Bonchev–Trinajstić information content (AvgIpc) is 2.55. The fourth-order valence-electron chi connectivity index (χ4n) is 3.75. The van der Waals surface area contributed by atoms with Crippen LogP contribution in [0.4, 0.5) is 0 Å². The van der Waals surface area contributed by atoms with E-state index >= 15 is 0 Å². The molecular formula is C23H47. The first-order valence-electron chi connectivity index (χ1n) is 11.1. The van der Waals surface area contributed by atoms with Gasteiger partial charge in [0.2, 0.25) is 0 Å². The summed E-state index contributed by atoms with van der Waals surface area (Å²) in [6.07, 6.45) is 25.5. The fraction of sp³-hybridized carbons (Fsp3) is 0.957. The van der Waals surface area contributed by atoms with E-state index in [-0.39, 0.29) is 0 Å². The standard InChI is InChI=1S/C23H47/c1-5-9-12-13-16-20-22(17-8-4)21-23(18-14-10-6-2)19-15-11-7-3/h21-23H,5-20H2,1-4H3. The summed E-state index contributed by atoms with van der Waals surface area (Å²) in [5.74, 6) is 1.80. The number of hydrogen-bond acceptors (Lipinski definition) is 0. The molecule has 0 aliphatic carbocycles. The molecule has 0 heteroatoms. The molecule has 0 nitrogen and oxygen atoms in total. The Bertz CT molecular complexity index is 198. The molecule has 0 aliphatic heterocycles. The Morgan fingerprint density at radius 1 is 0.435 bits per heavy atom. The highest BCUT2D eigenvalue weighted by molar-refractivity contribution is 4.84. The van der Waals surface area contributed by atoms with Gasteiger partial charge in [-0.15, -0.1) is 0 Å². The van der Waals surface area contributed by atoms with Crippen molar-refractivity contribution in [2.75, 3.05) is 0 Å². The summed E-state index contributed by atoms with van der Waals surface area (Å²) < 4.78 is 0. The predicted octanol–water partition coefficient (Wildman–Crippen LogP) is 8.74. The third-order valence-corrected chi connectivity index (χ3v) is 5.24. The van der Waals surface area contributed by atoms with Crippen molar-refractivity contribution in [1.82, 2.24) is 0 Å². The molecule has 0 heterocycles. The lowest BCUT2D eigenvalue weighted by molar-refractivity contribution is 0.374. The minimum Gasteiger partial charge on any atom is -0.0654 e. The lowest BCUT2D eigenvalue weighted by atomic mass is 9.82. The Morgan fingerprint density at radius 3 is 1.30 bits per heavy atom. The zero-order valence-electron chi connectivity index (χ0n) is 17.0. The van der Waals surface area contributed by atoms with Gasteiger partial charge in [0.05, 0.1) is 0 Å². The molecule has 0 aromatic carbocycles. The summed E-state index contributed by atoms with van der Waals surface area (Å²) in [7, 11) is 0. The van der Waals surface area contributed by atoms with Gasteiger partial charge in [-0.1, -0.05) is 130 Å². The smallest absolute Gasteiger partial charge is 0.0324 e. The zero-order chi connectivity index (χ0) is 17.2. The van der Waals surface area contributed by atoms with Crippen LogP contribution in [-0.2, 0) is 0 Å². The van der Waals surface area contributed by atoms with E-state index in [2.05, 4.69) is 34.1 Å². The van der Waals surface area contributed by atoms with E-state index in [1.54, 1.807) is 0 Å². The number of rotatable bonds is 18. The van der Waals surface area contributed by atoms with Crippen molar-refractivity contribution >= 4 is 0 Å². The molecular weight excluding hydrogens is 276 g/mol. The molecule has 0 fully saturated rings. The molecule has 139 valence electrons. The molecule has 0 amide bonds. The van der Waals surface area contributed by atoms with E-state index in [4.69, 9.17) is 0 Å². The van der Waals surface area contributed by atoms with E-state index in [0.717, 1.165) is 11.8 Å². The van der Waals surface area contributed by atoms with Crippen LogP contribution >= 0.6 is 0 Å². The van der Waals surface area contributed by atoms with Crippen LogP contribution in [0.3, 0.4) is 0 Å². The summed E-state index contributed by atoms with van der Waals surface area (Å²) in [6.45, 7) is 9.32. The highest BCUT2D eigenvalue weighted by Crippen LogP contribution is 2.29. The maximum absolute atomic E-state index is 2.80. The van der Waals surface area contributed by atoms with Gasteiger partial charge in [0.15, 0.2) is 0 Å². The highest BCUT2D eigenvalue weighted by Gasteiger charge is 2.16. The molecule has 0 aromatic rings. The van der Waals surface area contributed by atoms with Gasteiger partial charge in [-0.3, -0.25) is 0 Å². The van der Waals surface area contributed by atoms with E-state index < -0.39 is 0 Å². The maximum atomic E-state index is 2.80. The quantitative estimate of drug-likeness (QED) is 0.221. The Hall–Kier alpha value is 0. The van der Waals surface area contributed by atoms with Crippen LogP contribution in [0.25, 0.3) is 0 Å². The summed E-state index contributed by atoms with van der Waals surface area (Å²) in [5, 5.41) is 0. The van der Waals surface area contributed by atoms with Crippen LogP contribution in [0.15, 0.2) is 0 Å². The Labute approximate surface area is 149 Å². The summed E-state index contributed by atoms with van der Waals surface area (Å²) in [5.41, 5.74) is 0. The van der Waals surface area contributed by atoms with E-state index in [1.165, 1.54) is 103 Å². The van der Waals surface area contributed by atoms with Crippen LogP contribution in [0.1, 0.15) is 130 Å². The molecule has 1 radical (unpaired) electrons. The van der Waals surface area contributed by atoms with Crippen LogP contribution in [-0.4, -0.2) is 0 Å². The van der Waals surface area contributed by atoms with Gasteiger partial charge in [0.25, 0.3) is 0 Å². The lowest BCUT2D eigenvalue weighted by Crippen LogP contribution is -2.11. The second kappa shape index (κ2) is 18.3. The third kappa shape index (κ3) is 15.3. The fourth-order valence-corrected chi connectivity index (χ4v) is 3.75. The molecule has 0 saturated heterocycles. The van der Waals surface area contributed by atoms with E-state index in [9.17, 15) is 0 Å². The van der Waals surface area contributed by atoms with Crippen molar-refractivity contribution in [1.29, 1.82) is 0 Å². The number of hydrogen-bond donors (Lipinski definition) is 0. The van der Waals surface area contributed by atoms with Crippen molar-refractivity contribution in [3.8, 4) is 0 Å². The Morgan fingerprint density at radius 2 is 0.826 bits per heavy atom. The van der Waals surface area contributed by atoms with Crippen molar-refractivity contribution in [3.05, 3.63) is 6.42 Å². The van der Waals surface area contributed by atoms with Crippen molar-refractivity contribution in [2.45, 2.75) is 130 Å². The average molecular weight is 324 g/mol. The third-order valence-electron chi connectivity index (χ3n) is 5.24. The predicted molar refractivity (Wildman–Crippen MR) is 108 cm³/mol. The molecule has 1 atom stereocenters. The van der Waals surface area contributed by atoms with E-state index in [1.807, 2.05) is 0 Å². The van der Waals surface area contributed by atoms with Crippen LogP contribution in [0, 0.1) is 18.3 Å². The second-order valence-corrected chi connectivity index (χ2v) is 7.70. The molecule has 0 aliphatic rings. The molecule has 0 saturated carbocycles. The molecule has 0 bridgehead atoms. The minimum atomic E-state index is 0.898. The van der Waals surface area contributed by atoms with Crippen molar-refractivity contribution in [3.63, 3.8) is 0 Å².